The number of ketones is 1. The zero-order chi connectivity index (χ0) is 27.3. The van der Waals surface area contributed by atoms with Gasteiger partial charge in [-0.3, -0.25) is 9.59 Å². The van der Waals surface area contributed by atoms with Gasteiger partial charge in [0.05, 0.1) is 13.0 Å². The van der Waals surface area contributed by atoms with Crippen LogP contribution in [0.3, 0.4) is 0 Å². The van der Waals surface area contributed by atoms with Crippen LogP contribution in [-0.2, 0) is 31.8 Å². The summed E-state index contributed by atoms with van der Waals surface area (Å²) in [6.45, 7) is 8.52. The molecule has 5 nitrogen and oxygen atoms in total. The number of Topliss-reactive ketones (excluding diaryl/α,β-unsaturated/α-hetero) is 1. The van der Waals surface area contributed by atoms with E-state index in [1.807, 2.05) is 55.5 Å². The van der Waals surface area contributed by atoms with Crippen LogP contribution in [0.5, 0.6) is 5.75 Å². The fourth-order valence-corrected chi connectivity index (χ4v) is 6.20. The average Bonchev–Trinajstić information content (AvgIpc) is 2.88. The highest BCUT2D eigenvalue weighted by molar-refractivity contribution is 8.01. The van der Waals surface area contributed by atoms with E-state index in [1.54, 1.807) is 12.1 Å². The molecule has 0 bridgehead atoms. The van der Waals surface area contributed by atoms with Gasteiger partial charge in [0, 0.05) is 4.90 Å². The van der Waals surface area contributed by atoms with E-state index in [-0.39, 0.29) is 30.8 Å². The number of carbonyl (C=O) groups excluding carboxylic acids is 2. The van der Waals surface area contributed by atoms with Crippen LogP contribution in [0.2, 0.25) is 0 Å². The van der Waals surface area contributed by atoms with Crippen molar-refractivity contribution in [3.63, 3.8) is 0 Å². The molecule has 0 spiro atoms. The van der Waals surface area contributed by atoms with Crippen LogP contribution < -0.4 is 4.74 Å². The fourth-order valence-electron chi connectivity index (χ4n) is 4.83. The Bertz CT molecular complexity index is 1240. The standard InChI is InChI=1S/C32H36O5S/c1-22-10-15-26(31(2,3)4)28(20-22)38-29-27(34)21-32(37-30(29)35,17-16-23-8-6-5-7-9-23)24-11-13-25(14-12-24)36-19-18-33/h5-15,20,29,33H,16-19,21H2,1-4H3. The molecule has 1 aliphatic rings. The molecule has 2 atom stereocenters. The first-order valence-corrected chi connectivity index (χ1v) is 13.9. The molecule has 3 aromatic carbocycles. The Morgan fingerprint density at radius 2 is 1.74 bits per heavy atom. The number of carbonyl (C=O) groups is 2. The third-order valence-corrected chi connectivity index (χ3v) is 8.14. The minimum absolute atomic E-state index is 0.0776. The highest BCUT2D eigenvalue weighted by Gasteiger charge is 2.48. The Morgan fingerprint density at radius 1 is 1.03 bits per heavy atom. The van der Waals surface area contributed by atoms with Gasteiger partial charge in [0.15, 0.2) is 11.0 Å². The second-order valence-corrected chi connectivity index (χ2v) is 12.0. The van der Waals surface area contributed by atoms with Crippen molar-refractivity contribution in [2.24, 2.45) is 0 Å². The van der Waals surface area contributed by atoms with E-state index in [4.69, 9.17) is 14.6 Å². The van der Waals surface area contributed by atoms with Crippen molar-refractivity contribution in [2.45, 2.75) is 68.1 Å². The molecule has 1 saturated heterocycles. The summed E-state index contributed by atoms with van der Waals surface area (Å²) in [6, 6.07) is 23.5. The van der Waals surface area contributed by atoms with Crippen LogP contribution in [0.25, 0.3) is 0 Å². The number of aliphatic hydroxyl groups is 1. The molecule has 1 heterocycles. The maximum atomic E-state index is 13.7. The van der Waals surface area contributed by atoms with Crippen molar-refractivity contribution < 1.29 is 24.2 Å². The van der Waals surface area contributed by atoms with Gasteiger partial charge in [-0.15, -0.1) is 11.8 Å². The second kappa shape index (κ2) is 11.7. The zero-order valence-electron chi connectivity index (χ0n) is 22.5. The van der Waals surface area contributed by atoms with E-state index in [9.17, 15) is 9.59 Å². The Balaban J connectivity index is 1.63. The normalized spacial score (nSPS) is 19.8. The van der Waals surface area contributed by atoms with Crippen molar-refractivity contribution in [1.29, 1.82) is 0 Å². The highest BCUT2D eigenvalue weighted by Crippen LogP contribution is 2.44. The molecule has 6 heteroatoms. The third kappa shape index (κ3) is 6.48. The number of cyclic esters (lactones) is 1. The fraction of sp³-hybridized carbons (Fsp3) is 0.375. The molecule has 1 aliphatic heterocycles. The summed E-state index contributed by atoms with van der Waals surface area (Å²) in [5, 5.41) is 8.14. The lowest BCUT2D eigenvalue weighted by atomic mass is 9.81. The van der Waals surface area contributed by atoms with E-state index >= 15 is 0 Å². The van der Waals surface area contributed by atoms with Crippen LogP contribution >= 0.6 is 11.8 Å². The van der Waals surface area contributed by atoms with Crippen molar-refractivity contribution >= 4 is 23.5 Å². The number of hydrogen-bond donors (Lipinski definition) is 1. The first-order chi connectivity index (χ1) is 18.1. The molecule has 3 aromatic rings. The van der Waals surface area contributed by atoms with Crippen LogP contribution in [0.4, 0.5) is 0 Å². The molecule has 0 saturated carbocycles. The first kappa shape index (κ1) is 27.9. The Kier molecular flexibility index (Phi) is 8.64. The van der Waals surface area contributed by atoms with E-state index in [1.165, 1.54) is 11.8 Å². The van der Waals surface area contributed by atoms with Crippen molar-refractivity contribution in [3.8, 4) is 5.75 Å². The number of hydrogen-bond acceptors (Lipinski definition) is 6. The minimum Gasteiger partial charge on any atom is -0.491 e. The number of ether oxygens (including phenoxy) is 2. The maximum absolute atomic E-state index is 13.7. The number of rotatable bonds is 9. The molecule has 1 fully saturated rings. The summed E-state index contributed by atoms with van der Waals surface area (Å²) in [5.74, 6) is -0.0142. The van der Waals surface area contributed by atoms with Crippen LogP contribution in [0.1, 0.15) is 55.9 Å². The van der Waals surface area contributed by atoms with E-state index < -0.39 is 16.8 Å². The first-order valence-electron chi connectivity index (χ1n) is 13.0. The van der Waals surface area contributed by atoms with Gasteiger partial charge in [-0.25, -0.2) is 0 Å². The predicted molar refractivity (Wildman–Crippen MR) is 151 cm³/mol. The van der Waals surface area contributed by atoms with Gasteiger partial charge >= 0.3 is 5.97 Å². The number of aryl methyl sites for hydroxylation is 2. The van der Waals surface area contributed by atoms with E-state index in [2.05, 4.69) is 32.9 Å². The van der Waals surface area contributed by atoms with Gasteiger partial charge in [-0.1, -0.05) is 75.4 Å². The number of aliphatic hydroxyl groups excluding tert-OH is 1. The lowest BCUT2D eigenvalue weighted by Gasteiger charge is -2.39. The molecule has 200 valence electrons. The van der Waals surface area contributed by atoms with E-state index in [0.717, 1.165) is 27.1 Å². The maximum Gasteiger partial charge on any atom is 0.327 e. The minimum atomic E-state index is -1.06. The lowest BCUT2D eigenvalue weighted by Crippen LogP contribution is -2.47. The number of benzene rings is 3. The smallest absolute Gasteiger partial charge is 0.327 e. The van der Waals surface area contributed by atoms with Gasteiger partial charge in [0.25, 0.3) is 0 Å². The quantitative estimate of drug-likeness (QED) is 0.263. The Labute approximate surface area is 229 Å². The summed E-state index contributed by atoms with van der Waals surface area (Å²) < 4.78 is 11.8. The molecule has 4 rings (SSSR count). The number of esters is 1. The molecule has 0 aliphatic carbocycles. The molecular formula is C32H36O5S. The summed E-state index contributed by atoms with van der Waals surface area (Å²) >= 11 is 1.30. The lowest BCUT2D eigenvalue weighted by molar-refractivity contribution is -0.171. The van der Waals surface area contributed by atoms with Gasteiger partial charge in [0.2, 0.25) is 0 Å². The van der Waals surface area contributed by atoms with Gasteiger partial charge in [-0.05, 0) is 65.6 Å². The van der Waals surface area contributed by atoms with Crippen molar-refractivity contribution in [1.82, 2.24) is 0 Å². The molecule has 2 unspecified atom stereocenters. The molecule has 0 aromatic heterocycles. The summed E-state index contributed by atoms with van der Waals surface area (Å²) in [6.07, 6.45) is 1.26. The third-order valence-electron chi connectivity index (χ3n) is 6.85. The average molecular weight is 533 g/mol. The topological polar surface area (TPSA) is 72.8 Å². The Hall–Kier alpha value is -3.09. The Morgan fingerprint density at radius 3 is 2.37 bits per heavy atom. The number of thioether (sulfide) groups is 1. The SMILES string of the molecule is Cc1ccc(C(C)(C)C)c(SC2C(=O)CC(CCc3ccccc3)(c3ccc(OCCO)cc3)OC2=O)c1. The van der Waals surface area contributed by atoms with Crippen LogP contribution in [-0.4, -0.2) is 35.3 Å². The zero-order valence-corrected chi connectivity index (χ0v) is 23.3. The summed E-state index contributed by atoms with van der Waals surface area (Å²) in [5.41, 5.74) is 2.88. The van der Waals surface area contributed by atoms with E-state index in [0.29, 0.717) is 18.6 Å². The molecular weight excluding hydrogens is 496 g/mol. The van der Waals surface area contributed by atoms with Gasteiger partial charge in [0.1, 0.15) is 18.0 Å². The van der Waals surface area contributed by atoms with Crippen LogP contribution in [0, 0.1) is 6.92 Å². The molecule has 0 amide bonds. The predicted octanol–water partition coefficient (Wildman–Crippen LogP) is 6.17. The van der Waals surface area contributed by atoms with Crippen molar-refractivity contribution in [3.05, 3.63) is 95.1 Å². The molecule has 1 N–H and O–H groups in total. The van der Waals surface area contributed by atoms with Gasteiger partial charge in [-0.2, -0.15) is 0 Å². The molecule has 0 radical (unpaired) electrons. The monoisotopic (exact) mass is 532 g/mol. The highest BCUT2D eigenvalue weighted by atomic mass is 32.2. The van der Waals surface area contributed by atoms with Crippen molar-refractivity contribution in [2.75, 3.05) is 13.2 Å². The van der Waals surface area contributed by atoms with Crippen LogP contribution in [0.15, 0.2) is 77.7 Å². The second-order valence-electron chi connectivity index (χ2n) is 10.9. The summed E-state index contributed by atoms with van der Waals surface area (Å²) in [4.78, 5) is 28.2. The van der Waals surface area contributed by atoms with Gasteiger partial charge < -0.3 is 14.6 Å². The molecule has 38 heavy (non-hydrogen) atoms. The largest absolute Gasteiger partial charge is 0.491 e. The summed E-state index contributed by atoms with van der Waals surface area (Å²) in [7, 11) is 0.